The number of aliphatic hydroxyl groups is 1. The summed E-state index contributed by atoms with van der Waals surface area (Å²) in [7, 11) is 0. The van der Waals surface area contributed by atoms with Crippen molar-refractivity contribution in [2.45, 2.75) is 38.5 Å². The van der Waals surface area contributed by atoms with Gasteiger partial charge >= 0.3 is 0 Å². The van der Waals surface area contributed by atoms with E-state index in [-0.39, 0.29) is 30.8 Å². The lowest BCUT2D eigenvalue weighted by atomic mass is 10.1. The predicted molar refractivity (Wildman–Crippen MR) is 54.0 cm³/mol. The standard InChI is InChI=1S/C10H21NO3/c1-3-13-9-7(6-12)5-8(11)10(9)14-4-2/h7-10,12H,3-6,11H2,1-2H3. The molecule has 3 N–H and O–H groups in total. The molecule has 1 rings (SSSR count). The highest BCUT2D eigenvalue weighted by Crippen LogP contribution is 2.29. The van der Waals surface area contributed by atoms with Gasteiger partial charge in [0, 0.05) is 31.8 Å². The van der Waals surface area contributed by atoms with Crippen LogP contribution in [0.2, 0.25) is 0 Å². The Labute approximate surface area is 85.4 Å². The van der Waals surface area contributed by atoms with Crippen LogP contribution in [0.4, 0.5) is 0 Å². The molecule has 4 nitrogen and oxygen atoms in total. The lowest BCUT2D eigenvalue weighted by Gasteiger charge is -2.24. The second kappa shape index (κ2) is 5.66. The summed E-state index contributed by atoms with van der Waals surface area (Å²) in [5, 5.41) is 9.18. The van der Waals surface area contributed by atoms with Gasteiger partial charge in [-0.1, -0.05) is 0 Å². The SMILES string of the molecule is CCOC1C(N)CC(CO)C1OCC. The Hall–Kier alpha value is -0.160. The number of nitrogens with two attached hydrogens (primary N) is 1. The monoisotopic (exact) mass is 203 g/mol. The van der Waals surface area contributed by atoms with Crippen LogP contribution in [0.5, 0.6) is 0 Å². The fraction of sp³-hybridized carbons (Fsp3) is 1.00. The van der Waals surface area contributed by atoms with Gasteiger partial charge in [0.05, 0.1) is 12.2 Å². The largest absolute Gasteiger partial charge is 0.396 e. The van der Waals surface area contributed by atoms with Crippen molar-refractivity contribution >= 4 is 0 Å². The van der Waals surface area contributed by atoms with Crippen molar-refractivity contribution < 1.29 is 14.6 Å². The summed E-state index contributed by atoms with van der Waals surface area (Å²) in [4.78, 5) is 0. The van der Waals surface area contributed by atoms with Gasteiger partial charge in [-0.2, -0.15) is 0 Å². The van der Waals surface area contributed by atoms with Gasteiger partial charge in [-0.15, -0.1) is 0 Å². The van der Waals surface area contributed by atoms with Gasteiger partial charge in [-0.25, -0.2) is 0 Å². The summed E-state index contributed by atoms with van der Waals surface area (Å²) in [5.74, 6) is 0.126. The average Bonchev–Trinajstić information content (AvgIpc) is 2.47. The van der Waals surface area contributed by atoms with Crippen molar-refractivity contribution in [3.63, 3.8) is 0 Å². The fourth-order valence-electron chi connectivity index (χ4n) is 2.14. The van der Waals surface area contributed by atoms with E-state index in [0.29, 0.717) is 13.2 Å². The Morgan fingerprint density at radius 2 is 1.79 bits per heavy atom. The summed E-state index contributed by atoms with van der Waals surface area (Å²) in [6, 6.07) is -0.0105. The third-order valence-electron chi connectivity index (χ3n) is 2.74. The molecule has 0 heterocycles. The molecule has 1 fully saturated rings. The average molecular weight is 203 g/mol. The molecule has 0 bridgehead atoms. The minimum Gasteiger partial charge on any atom is -0.396 e. The zero-order valence-electron chi connectivity index (χ0n) is 8.98. The van der Waals surface area contributed by atoms with E-state index < -0.39 is 0 Å². The number of hydrogen-bond donors (Lipinski definition) is 2. The quantitative estimate of drug-likeness (QED) is 0.667. The van der Waals surface area contributed by atoms with Gasteiger partial charge in [-0.05, 0) is 20.3 Å². The number of rotatable bonds is 5. The maximum atomic E-state index is 9.18. The highest BCUT2D eigenvalue weighted by atomic mass is 16.5. The third kappa shape index (κ3) is 2.45. The van der Waals surface area contributed by atoms with Crippen molar-refractivity contribution in [2.24, 2.45) is 11.7 Å². The summed E-state index contributed by atoms with van der Waals surface area (Å²) in [5.41, 5.74) is 5.94. The first-order valence-electron chi connectivity index (χ1n) is 5.34. The van der Waals surface area contributed by atoms with E-state index in [2.05, 4.69) is 0 Å². The van der Waals surface area contributed by atoms with E-state index >= 15 is 0 Å². The molecule has 4 atom stereocenters. The second-order valence-corrected chi connectivity index (χ2v) is 3.68. The molecular weight excluding hydrogens is 182 g/mol. The van der Waals surface area contributed by atoms with Crippen LogP contribution in [-0.2, 0) is 9.47 Å². The number of aliphatic hydroxyl groups excluding tert-OH is 1. The van der Waals surface area contributed by atoms with Crippen LogP contribution < -0.4 is 5.73 Å². The van der Waals surface area contributed by atoms with Crippen molar-refractivity contribution in [1.82, 2.24) is 0 Å². The third-order valence-corrected chi connectivity index (χ3v) is 2.74. The van der Waals surface area contributed by atoms with Crippen LogP contribution in [0.1, 0.15) is 20.3 Å². The van der Waals surface area contributed by atoms with Gasteiger partial charge in [0.2, 0.25) is 0 Å². The molecular formula is C10H21NO3. The van der Waals surface area contributed by atoms with Crippen molar-refractivity contribution in [3.05, 3.63) is 0 Å². The highest BCUT2D eigenvalue weighted by Gasteiger charge is 2.42. The second-order valence-electron chi connectivity index (χ2n) is 3.68. The molecule has 0 radical (unpaired) electrons. The molecule has 1 aliphatic rings. The number of hydrogen-bond acceptors (Lipinski definition) is 4. The van der Waals surface area contributed by atoms with Crippen molar-refractivity contribution in [3.8, 4) is 0 Å². The molecule has 0 spiro atoms. The van der Waals surface area contributed by atoms with Gasteiger partial charge in [0.15, 0.2) is 0 Å². The molecule has 14 heavy (non-hydrogen) atoms. The van der Waals surface area contributed by atoms with Gasteiger partial charge in [-0.3, -0.25) is 0 Å². The first kappa shape index (κ1) is 11.9. The summed E-state index contributed by atoms with van der Waals surface area (Å²) >= 11 is 0. The zero-order chi connectivity index (χ0) is 10.6. The molecule has 0 amide bonds. The first-order chi connectivity index (χ1) is 6.74. The van der Waals surface area contributed by atoms with E-state index in [1.807, 2.05) is 13.8 Å². The van der Waals surface area contributed by atoms with Crippen LogP contribution in [0.15, 0.2) is 0 Å². The lowest BCUT2D eigenvalue weighted by Crippen LogP contribution is -2.40. The first-order valence-corrected chi connectivity index (χ1v) is 5.34. The molecule has 0 aliphatic heterocycles. The minimum atomic E-state index is -0.0582. The normalized spacial score (nSPS) is 37.7. The Balaban J connectivity index is 2.59. The van der Waals surface area contributed by atoms with Crippen LogP contribution in [0.25, 0.3) is 0 Å². The maximum absolute atomic E-state index is 9.18. The topological polar surface area (TPSA) is 64.7 Å². The molecule has 84 valence electrons. The van der Waals surface area contributed by atoms with E-state index in [1.54, 1.807) is 0 Å². The van der Waals surface area contributed by atoms with Gasteiger partial charge in [0.25, 0.3) is 0 Å². The van der Waals surface area contributed by atoms with E-state index in [4.69, 9.17) is 15.2 Å². The molecule has 4 heteroatoms. The van der Waals surface area contributed by atoms with Crippen molar-refractivity contribution in [2.75, 3.05) is 19.8 Å². The Bertz CT molecular complexity index is 165. The van der Waals surface area contributed by atoms with Crippen LogP contribution in [-0.4, -0.2) is 43.2 Å². The zero-order valence-corrected chi connectivity index (χ0v) is 8.98. The Morgan fingerprint density at radius 3 is 2.29 bits per heavy atom. The molecule has 0 aromatic heterocycles. The molecule has 1 aliphatic carbocycles. The van der Waals surface area contributed by atoms with Crippen LogP contribution in [0, 0.1) is 5.92 Å². The van der Waals surface area contributed by atoms with Crippen LogP contribution >= 0.6 is 0 Å². The van der Waals surface area contributed by atoms with E-state index in [1.165, 1.54) is 0 Å². The number of ether oxygens (including phenoxy) is 2. The molecule has 4 unspecified atom stereocenters. The summed E-state index contributed by atoms with van der Waals surface area (Å²) < 4.78 is 11.1. The molecule has 0 aromatic carbocycles. The fourth-order valence-corrected chi connectivity index (χ4v) is 2.14. The summed E-state index contributed by atoms with van der Waals surface area (Å²) in [6.07, 6.45) is 0.684. The highest BCUT2D eigenvalue weighted by molar-refractivity contribution is 4.95. The molecule has 1 saturated carbocycles. The predicted octanol–water partition coefficient (Wildman–Crippen LogP) is 0.136. The lowest BCUT2D eigenvalue weighted by molar-refractivity contribution is -0.0751. The van der Waals surface area contributed by atoms with Gasteiger partial charge < -0.3 is 20.3 Å². The van der Waals surface area contributed by atoms with Gasteiger partial charge in [0.1, 0.15) is 0 Å². The van der Waals surface area contributed by atoms with E-state index in [9.17, 15) is 5.11 Å². The Kier molecular flexibility index (Phi) is 4.81. The Morgan fingerprint density at radius 1 is 1.21 bits per heavy atom. The van der Waals surface area contributed by atoms with Crippen LogP contribution in [0.3, 0.4) is 0 Å². The van der Waals surface area contributed by atoms with Crippen molar-refractivity contribution in [1.29, 1.82) is 0 Å². The molecule has 0 aromatic rings. The molecule has 0 saturated heterocycles. The van der Waals surface area contributed by atoms with E-state index in [0.717, 1.165) is 6.42 Å². The minimum absolute atomic E-state index is 0.0105. The summed E-state index contributed by atoms with van der Waals surface area (Å²) in [6.45, 7) is 5.29. The smallest absolute Gasteiger partial charge is 0.0990 e. The maximum Gasteiger partial charge on any atom is 0.0990 e.